The number of aryl methyl sites for hydroxylation is 1. The van der Waals surface area contributed by atoms with Crippen molar-refractivity contribution in [1.29, 1.82) is 0 Å². The van der Waals surface area contributed by atoms with Crippen molar-refractivity contribution < 1.29 is 9.13 Å². The van der Waals surface area contributed by atoms with Gasteiger partial charge in [-0.2, -0.15) is 0 Å². The molecule has 2 rings (SSSR count). The fourth-order valence-electron chi connectivity index (χ4n) is 2.69. The molecule has 1 aromatic rings. The summed E-state index contributed by atoms with van der Waals surface area (Å²) in [4.78, 5) is 2.36. The van der Waals surface area contributed by atoms with Crippen LogP contribution in [0.15, 0.2) is 18.2 Å². The van der Waals surface area contributed by atoms with Crippen LogP contribution in [0.5, 0.6) is 0 Å². The molecule has 1 saturated heterocycles. The summed E-state index contributed by atoms with van der Waals surface area (Å²) < 4.78 is 19.0. The van der Waals surface area contributed by atoms with Crippen molar-refractivity contribution in [3.63, 3.8) is 0 Å². The second kappa shape index (κ2) is 7.13. The molecule has 2 unspecified atom stereocenters. The molecule has 0 saturated carbocycles. The van der Waals surface area contributed by atoms with Gasteiger partial charge in [-0.15, -0.1) is 0 Å². The molecule has 0 radical (unpaired) electrons. The lowest BCUT2D eigenvalue weighted by atomic mass is 9.97. The Morgan fingerprint density at radius 1 is 1.55 bits per heavy atom. The summed E-state index contributed by atoms with van der Waals surface area (Å²) in [6.07, 6.45) is 0.809. The SMILES string of the molecule is CCN1CCOC(C(Cc2ccc(F)cc2C)NN)C1. The Kier molecular flexibility index (Phi) is 5.48. The van der Waals surface area contributed by atoms with Crippen LogP contribution in [0.2, 0.25) is 0 Å². The van der Waals surface area contributed by atoms with Gasteiger partial charge in [-0.1, -0.05) is 13.0 Å². The summed E-state index contributed by atoms with van der Waals surface area (Å²) >= 11 is 0. The maximum absolute atomic E-state index is 13.1. The molecule has 1 aliphatic rings. The first-order valence-corrected chi connectivity index (χ1v) is 7.19. The maximum Gasteiger partial charge on any atom is 0.123 e. The third-order valence-corrected chi connectivity index (χ3v) is 4.03. The molecule has 5 heteroatoms. The van der Waals surface area contributed by atoms with E-state index in [4.69, 9.17) is 10.6 Å². The van der Waals surface area contributed by atoms with E-state index in [1.54, 1.807) is 6.07 Å². The molecule has 0 aromatic heterocycles. The standard InChI is InChI=1S/C15H24FN3O/c1-3-19-6-7-20-15(10-19)14(18-17)9-12-4-5-13(16)8-11(12)2/h4-5,8,14-15,18H,3,6-7,9-10,17H2,1-2H3. The predicted octanol–water partition coefficient (Wildman–Crippen LogP) is 1.23. The highest BCUT2D eigenvalue weighted by Gasteiger charge is 2.27. The van der Waals surface area contributed by atoms with E-state index in [1.165, 1.54) is 6.07 Å². The summed E-state index contributed by atoms with van der Waals surface area (Å²) in [5.74, 6) is 5.50. The molecular formula is C15H24FN3O. The molecule has 0 aliphatic carbocycles. The van der Waals surface area contributed by atoms with E-state index >= 15 is 0 Å². The number of nitrogens with zero attached hydrogens (tertiary/aromatic N) is 1. The Labute approximate surface area is 120 Å². The number of hydrogen-bond donors (Lipinski definition) is 2. The van der Waals surface area contributed by atoms with Crippen LogP contribution in [0.4, 0.5) is 4.39 Å². The molecule has 3 N–H and O–H groups in total. The lowest BCUT2D eigenvalue weighted by Gasteiger charge is -2.36. The third kappa shape index (κ3) is 3.76. The normalized spacial score (nSPS) is 21.9. The Balaban J connectivity index is 2.04. The van der Waals surface area contributed by atoms with E-state index in [9.17, 15) is 4.39 Å². The molecule has 0 spiro atoms. The number of likely N-dealkylation sites (N-methyl/N-ethyl adjacent to an activating group) is 1. The molecule has 2 atom stereocenters. The molecule has 0 bridgehead atoms. The minimum atomic E-state index is -0.199. The maximum atomic E-state index is 13.1. The van der Waals surface area contributed by atoms with E-state index in [1.807, 2.05) is 13.0 Å². The molecule has 20 heavy (non-hydrogen) atoms. The number of hydrazine groups is 1. The van der Waals surface area contributed by atoms with Crippen LogP contribution in [0.1, 0.15) is 18.1 Å². The van der Waals surface area contributed by atoms with Gasteiger partial charge in [0.2, 0.25) is 0 Å². The highest BCUT2D eigenvalue weighted by Crippen LogP contribution is 2.16. The smallest absolute Gasteiger partial charge is 0.123 e. The van der Waals surface area contributed by atoms with E-state index in [2.05, 4.69) is 17.2 Å². The van der Waals surface area contributed by atoms with Gasteiger partial charge in [-0.05, 0) is 43.1 Å². The van der Waals surface area contributed by atoms with Gasteiger partial charge in [0.1, 0.15) is 5.82 Å². The molecule has 1 aromatic carbocycles. The molecule has 112 valence electrons. The Hall–Kier alpha value is -1.01. The minimum absolute atomic E-state index is 0.0357. The summed E-state index contributed by atoms with van der Waals surface area (Å²) in [6.45, 7) is 7.68. The number of ether oxygens (including phenoxy) is 1. The van der Waals surface area contributed by atoms with Crippen molar-refractivity contribution in [3.8, 4) is 0 Å². The summed E-state index contributed by atoms with van der Waals surface area (Å²) in [7, 11) is 0. The molecular weight excluding hydrogens is 257 g/mol. The van der Waals surface area contributed by atoms with Gasteiger partial charge in [0.25, 0.3) is 0 Å². The minimum Gasteiger partial charge on any atom is -0.374 e. The first kappa shape index (κ1) is 15.4. The van der Waals surface area contributed by atoms with Gasteiger partial charge in [-0.3, -0.25) is 16.2 Å². The first-order chi connectivity index (χ1) is 9.63. The van der Waals surface area contributed by atoms with E-state index in [-0.39, 0.29) is 18.0 Å². The molecule has 1 aliphatic heterocycles. The Morgan fingerprint density at radius 3 is 3.00 bits per heavy atom. The fraction of sp³-hybridized carbons (Fsp3) is 0.600. The number of rotatable bonds is 5. The number of nitrogens with two attached hydrogens (primary N) is 1. The van der Waals surface area contributed by atoms with Crippen LogP contribution in [0.25, 0.3) is 0 Å². The second-order valence-corrected chi connectivity index (χ2v) is 5.35. The predicted molar refractivity (Wildman–Crippen MR) is 77.8 cm³/mol. The number of benzene rings is 1. The van der Waals surface area contributed by atoms with Crippen molar-refractivity contribution >= 4 is 0 Å². The average Bonchev–Trinajstić information content (AvgIpc) is 2.46. The summed E-state index contributed by atoms with van der Waals surface area (Å²) in [5.41, 5.74) is 4.92. The Morgan fingerprint density at radius 2 is 2.35 bits per heavy atom. The molecule has 1 heterocycles. The molecule has 4 nitrogen and oxygen atoms in total. The summed E-state index contributed by atoms with van der Waals surface area (Å²) in [5, 5.41) is 0. The van der Waals surface area contributed by atoms with Crippen LogP contribution >= 0.6 is 0 Å². The van der Waals surface area contributed by atoms with E-state index in [0.29, 0.717) is 0 Å². The van der Waals surface area contributed by atoms with Crippen LogP contribution in [0, 0.1) is 12.7 Å². The van der Waals surface area contributed by atoms with Crippen molar-refractivity contribution in [3.05, 3.63) is 35.1 Å². The van der Waals surface area contributed by atoms with Crippen molar-refractivity contribution in [2.24, 2.45) is 5.84 Å². The fourth-order valence-corrected chi connectivity index (χ4v) is 2.69. The van der Waals surface area contributed by atoms with Gasteiger partial charge in [-0.25, -0.2) is 4.39 Å². The Bertz CT molecular complexity index is 441. The topological polar surface area (TPSA) is 50.5 Å². The van der Waals surface area contributed by atoms with Crippen LogP contribution in [-0.2, 0) is 11.2 Å². The first-order valence-electron chi connectivity index (χ1n) is 7.19. The lowest BCUT2D eigenvalue weighted by molar-refractivity contribution is -0.0448. The van der Waals surface area contributed by atoms with Gasteiger partial charge in [0.15, 0.2) is 0 Å². The van der Waals surface area contributed by atoms with Crippen molar-refractivity contribution in [2.75, 3.05) is 26.2 Å². The zero-order chi connectivity index (χ0) is 14.5. The zero-order valence-corrected chi connectivity index (χ0v) is 12.2. The van der Waals surface area contributed by atoms with Gasteiger partial charge >= 0.3 is 0 Å². The molecule has 0 amide bonds. The third-order valence-electron chi connectivity index (χ3n) is 4.03. The number of nitrogens with one attached hydrogen (secondary N) is 1. The van der Waals surface area contributed by atoms with E-state index < -0.39 is 0 Å². The van der Waals surface area contributed by atoms with Crippen molar-refractivity contribution in [1.82, 2.24) is 10.3 Å². The van der Waals surface area contributed by atoms with Crippen molar-refractivity contribution in [2.45, 2.75) is 32.4 Å². The van der Waals surface area contributed by atoms with Gasteiger partial charge in [0.05, 0.1) is 18.8 Å². The quantitative estimate of drug-likeness (QED) is 0.629. The van der Waals surface area contributed by atoms with E-state index in [0.717, 1.165) is 43.8 Å². The zero-order valence-electron chi connectivity index (χ0n) is 12.2. The largest absolute Gasteiger partial charge is 0.374 e. The number of halogens is 1. The highest BCUT2D eigenvalue weighted by atomic mass is 19.1. The van der Waals surface area contributed by atoms with Gasteiger partial charge < -0.3 is 4.74 Å². The number of morpholine rings is 1. The number of hydrogen-bond acceptors (Lipinski definition) is 4. The van der Waals surface area contributed by atoms with Gasteiger partial charge in [0, 0.05) is 13.1 Å². The molecule has 1 fully saturated rings. The van der Waals surface area contributed by atoms with Crippen LogP contribution < -0.4 is 11.3 Å². The second-order valence-electron chi connectivity index (χ2n) is 5.35. The monoisotopic (exact) mass is 281 g/mol. The average molecular weight is 281 g/mol. The summed E-state index contributed by atoms with van der Waals surface area (Å²) in [6, 6.07) is 4.92. The van der Waals surface area contributed by atoms with Crippen LogP contribution in [0.3, 0.4) is 0 Å². The highest BCUT2D eigenvalue weighted by molar-refractivity contribution is 5.27. The van der Waals surface area contributed by atoms with Crippen LogP contribution in [-0.4, -0.2) is 43.3 Å². The lowest BCUT2D eigenvalue weighted by Crippen LogP contribution is -2.54.